The van der Waals surface area contributed by atoms with E-state index in [1.165, 1.54) is 51.4 Å². The molecule has 0 spiro atoms. The van der Waals surface area contributed by atoms with Gasteiger partial charge in [0, 0.05) is 5.56 Å². The molecule has 0 amide bonds. The summed E-state index contributed by atoms with van der Waals surface area (Å²) in [5.41, 5.74) is 2.08. The molecule has 0 saturated heterocycles. The molecule has 0 unspecified atom stereocenters. The summed E-state index contributed by atoms with van der Waals surface area (Å²) >= 11 is 0. The van der Waals surface area contributed by atoms with Crippen LogP contribution in [0.1, 0.15) is 87.3 Å². The molecule has 2 heteroatoms. The van der Waals surface area contributed by atoms with Crippen molar-refractivity contribution >= 4 is 0 Å². The van der Waals surface area contributed by atoms with Crippen molar-refractivity contribution in [3.63, 3.8) is 0 Å². The number of hydrogen-bond donors (Lipinski definition) is 0. The Balaban J connectivity index is 1.59. The highest BCUT2D eigenvalue weighted by atomic mass is 19.3. The molecule has 2 saturated carbocycles. The van der Waals surface area contributed by atoms with Gasteiger partial charge < -0.3 is 0 Å². The Hall–Kier alpha value is -0.920. The van der Waals surface area contributed by atoms with E-state index in [-0.39, 0.29) is 5.56 Å². The fourth-order valence-electron chi connectivity index (χ4n) is 4.83. The quantitative estimate of drug-likeness (QED) is 0.560. The summed E-state index contributed by atoms with van der Waals surface area (Å²) in [5, 5.41) is 0. The van der Waals surface area contributed by atoms with Crippen molar-refractivity contribution in [1.29, 1.82) is 0 Å². The average molecular weight is 320 g/mol. The van der Waals surface area contributed by atoms with E-state index in [0.717, 1.165) is 23.3 Å². The number of hydrogen-bond acceptors (Lipinski definition) is 0. The molecule has 0 nitrogen and oxygen atoms in total. The lowest BCUT2D eigenvalue weighted by Gasteiger charge is -2.37. The summed E-state index contributed by atoms with van der Waals surface area (Å²) in [6.45, 7) is 4.16. The Morgan fingerprint density at radius 3 is 2.00 bits per heavy atom. The Morgan fingerprint density at radius 2 is 1.43 bits per heavy atom. The van der Waals surface area contributed by atoms with E-state index in [4.69, 9.17) is 0 Å². The van der Waals surface area contributed by atoms with Gasteiger partial charge in [0.2, 0.25) is 0 Å². The largest absolute Gasteiger partial charge is 0.264 e. The first-order valence-electron chi connectivity index (χ1n) is 9.43. The normalized spacial score (nSPS) is 32.2. The summed E-state index contributed by atoms with van der Waals surface area (Å²) < 4.78 is 26.2. The number of benzene rings is 1. The highest BCUT2D eigenvalue weighted by molar-refractivity contribution is 5.34. The van der Waals surface area contributed by atoms with Crippen LogP contribution in [0.4, 0.5) is 8.78 Å². The van der Waals surface area contributed by atoms with Crippen molar-refractivity contribution in [2.24, 2.45) is 17.8 Å². The predicted octanol–water partition coefficient (Wildman–Crippen LogP) is 7.03. The molecule has 0 radical (unpaired) electrons. The Labute approximate surface area is 139 Å². The van der Waals surface area contributed by atoms with Gasteiger partial charge in [-0.15, -0.1) is 0 Å². The first-order chi connectivity index (χ1) is 11.0. The Kier molecular flexibility index (Phi) is 5.38. The number of alkyl halides is 2. The summed E-state index contributed by atoms with van der Waals surface area (Å²) in [5.74, 6) is 3.23. The molecule has 0 N–H and O–H groups in total. The Bertz CT molecular complexity index is 507. The monoisotopic (exact) mass is 320 g/mol. The molecule has 128 valence electrons. The molecule has 3 rings (SSSR count). The fourth-order valence-corrected chi connectivity index (χ4v) is 4.83. The molecule has 0 aromatic heterocycles. The van der Waals surface area contributed by atoms with Crippen LogP contribution in [-0.4, -0.2) is 0 Å². The zero-order valence-corrected chi connectivity index (χ0v) is 14.5. The van der Waals surface area contributed by atoms with Crippen LogP contribution in [0.15, 0.2) is 18.2 Å². The summed E-state index contributed by atoms with van der Waals surface area (Å²) in [6.07, 6.45) is 8.23. The second-order valence-corrected chi connectivity index (χ2v) is 8.05. The SMILES string of the molecule is Cc1ccc(C2CCC(C3CCC(C)CC3)CC2)cc1C(F)F. The van der Waals surface area contributed by atoms with E-state index in [1.54, 1.807) is 13.0 Å². The van der Waals surface area contributed by atoms with Crippen LogP contribution < -0.4 is 0 Å². The second-order valence-electron chi connectivity index (χ2n) is 8.05. The number of halogens is 2. The van der Waals surface area contributed by atoms with Crippen molar-refractivity contribution in [3.05, 3.63) is 34.9 Å². The van der Waals surface area contributed by atoms with Gasteiger partial charge >= 0.3 is 0 Å². The smallest absolute Gasteiger partial charge is 0.205 e. The zero-order valence-electron chi connectivity index (χ0n) is 14.5. The molecule has 23 heavy (non-hydrogen) atoms. The molecule has 0 atom stereocenters. The van der Waals surface area contributed by atoms with Gasteiger partial charge in [-0.2, -0.15) is 0 Å². The molecule has 0 aliphatic heterocycles. The summed E-state index contributed by atoms with van der Waals surface area (Å²) in [7, 11) is 0. The van der Waals surface area contributed by atoms with Gasteiger partial charge in [-0.25, -0.2) is 8.78 Å². The third-order valence-corrected chi connectivity index (χ3v) is 6.51. The van der Waals surface area contributed by atoms with E-state index < -0.39 is 6.43 Å². The lowest BCUT2D eigenvalue weighted by atomic mass is 9.68. The van der Waals surface area contributed by atoms with Crippen LogP contribution in [0.25, 0.3) is 0 Å². The first kappa shape index (κ1) is 16.9. The molecule has 2 aliphatic carbocycles. The maximum Gasteiger partial charge on any atom is 0.264 e. The van der Waals surface area contributed by atoms with E-state index in [2.05, 4.69) is 13.0 Å². The van der Waals surface area contributed by atoms with E-state index in [9.17, 15) is 8.78 Å². The number of aryl methyl sites for hydroxylation is 1. The minimum Gasteiger partial charge on any atom is -0.205 e. The van der Waals surface area contributed by atoms with Gasteiger partial charge in [0.25, 0.3) is 6.43 Å². The van der Waals surface area contributed by atoms with Gasteiger partial charge in [-0.05, 0) is 86.3 Å². The standard InChI is InChI=1S/C21H30F2/c1-14-3-6-16(7-4-14)17-9-11-18(12-10-17)19-8-5-15(2)20(13-19)21(22)23/h5,8,13-14,16-18,21H,3-4,6-7,9-12H2,1-2H3. The first-order valence-corrected chi connectivity index (χ1v) is 9.43. The maximum atomic E-state index is 13.1. The minimum absolute atomic E-state index is 0.228. The molecular formula is C21H30F2. The van der Waals surface area contributed by atoms with Crippen LogP contribution in [0.5, 0.6) is 0 Å². The van der Waals surface area contributed by atoms with Crippen molar-refractivity contribution < 1.29 is 8.78 Å². The van der Waals surface area contributed by atoms with Crippen molar-refractivity contribution in [2.45, 2.75) is 77.6 Å². The third-order valence-electron chi connectivity index (χ3n) is 6.51. The predicted molar refractivity (Wildman–Crippen MR) is 92.0 cm³/mol. The van der Waals surface area contributed by atoms with Gasteiger partial charge in [0.15, 0.2) is 0 Å². The van der Waals surface area contributed by atoms with Gasteiger partial charge in [-0.1, -0.05) is 31.9 Å². The van der Waals surface area contributed by atoms with Crippen LogP contribution in [0, 0.1) is 24.7 Å². The van der Waals surface area contributed by atoms with Gasteiger partial charge in [-0.3, -0.25) is 0 Å². The van der Waals surface area contributed by atoms with E-state index in [0.29, 0.717) is 11.5 Å². The second kappa shape index (κ2) is 7.32. The molecule has 0 heterocycles. The van der Waals surface area contributed by atoms with Gasteiger partial charge in [0.1, 0.15) is 0 Å². The molecule has 2 fully saturated rings. The minimum atomic E-state index is -2.35. The van der Waals surface area contributed by atoms with Crippen LogP contribution in [-0.2, 0) is 0 Å². The molecular weight excluding hydrogens is 290 g/mol. The summed E-state index contributed by atoms with van der Waals surface area (Å²) in [4.78, 5) is 0. The Morgan fingerprint density at radius 1 is 0.870 bits per heavy atom. The lowest BCUT2D eigenvalue weighted by Crippen LogP contribution is -2.24. The van der Waals surface area contributed by atoms with Crippen LogP contribution in [0.3, 0.4) is 0 Å². The topological polar surface area (TPSA) is 0 Å². The zero-order chi connectivity index (χ0) is 16.4. The highest BCUT2D eigenvalue weighted by Gasteiger charge is 2.30. The van der Waals surface area contributed by atoms with E-state index >= 15 is 0 Å². The molecule has 1 aromatic carbocycles. The van der Waals surface area contributed by atoms with Gasteiger partial charge in [0.05, 0.1) is 0 Å². The number of rotatable bonds is 3. The third kappa shape index (κ3) is 3.95. The highest BCUT2D eigenvalue weighted by Crippen LogP contribution is 2.44. The van der Waals surface area contributed by atoms with Crippen molar-refractivity contribution in [2.75, 3.05) is 0 Å². The molecule has 0 bridgehead atoms. The van der Waals surface area contributed by atoms with Crippen molar-refractivity contribution in [3.8, 4) is 0 Å². The van der Waals surface area contributed by atoms with Crippen LogP contribution >= 0.6 is 0 Å². The average Bonchev–Trinajstić information content (AvgIpc) is 2.56. The lowest BCUT2D eigenvalue weighted by molar-refractivity contribution is 0.150. The van der Waals surface area contributed by atoms with E-state index in [1.807, 2.05) is 6.07 Å². The molecule has 2 aliphatic rings. The fraction of sp³-hybridized carbons (Fsp3) is 0.714. The maximum absolute atomic E-state index is 13.1. The van der Waals surface area contributed by atoms with Crippen molar-refractivity contribution in [1.82, 2.24) is 0 Å². The molecule has 1 aromatic rings. The summed E-state index contributed by atoms with van der Waals surface area (Å²) in [6, 6.07) is 5.73. The van der Waals surface area contributed by atoms with Crippen LogP contribution in [0.2, 0.25) is 0 Å².